The summed E-state index contributed by atoms with van der Waals surface area (Å²) in [7, 11) is 1.70. The smallest absolute Gasteiger partial charge is 0.123 e. The van der Waals surface area contributed by atoms with E-state index in [-0.39, 0.29) is 0 Å². The van der Waals surface area contributed by atoms with Crippen LogP contribution in [0.4, 0.5) is 0 Å². The molecule has 0 fully saturated rings. The number of benzene rings is 1. The second-order valence-electron chi connectivity index (χ2n) is 3.88. The lowest BCUT2D eigenvalue weighted by Crippen LogP contribution is -2.16. The minimum Gasteiger partial charge on any atom is -0.502 e. The molecule has 1 aromatic rings. The SMILES string of the molecule is C=COCCCNCc1cc(C)ccc1OC. The summed E-state index contributed by atoms with van der Waals surface area (Å²) < 4.78 is 10.4. The van der Waals surface area contributed by atoms with Crippen LogP contribution in [0.1, 0.15) is 17.5 Å². The van der Waals surface area contributed by atoms with E-state index in [9.17, 15) is 0 Å². The summed E-state index contributed by atoms with van der Waals surface area (Å²) in [5.41, 5.74) is 2.44. The molecule has 0 spiro atoms. The first-order chi connectivity index (χ1) is 8.27. The fraction of sp³-hybridized carbons (Fsp3) is 0.429. The van der Waals surface area contributed by atoms with E-state index in [0.29, 0.717) is 6.61 Å². The molecule has 1 aromatic carbocycles. The fourth-order valence-electron chi connectivity index (χ4n) is 1.63. The second kappa shape index (κ2) is 7.74. The minimum absolute atomic E-state index is 0.710. The number of rotatable bonds is 8. The van der Waals surface area contributed by atoms with Crippen LogP contribution in [0.5, 0.6) is 5.75 Å². The van der Waals surface area contributed by atoms with Crippen molar-refractivity contribution in [3.8, 4) is 5.75 Å². The van der Waals surface area contributed by atoms with Crippen LogP contribution >= 0.6 is 0 Å². The van der Waals surface area contributed by atoms with Gasteiger partial charge in [-0.1, -0.05) is 24.3 Å². The Kier molecular flexibility index (Phi) is 6.18. The topological polar surface area (TPSA) is 30.5 Å². The maximum atomic E-state index is 5.32. The van der Waals surface area contributed by atoms with Gasteiger partial charge in [0, 0.05) is 12.1 Å². The molecule has 0 saturated heterocycles. The molecule has 0 amide bonds. The molecule has 0 aliphatic carbocycles. The normalized spacial score (nSPS) is 10.0. The summed E-state index contributed by atoms with van der Waals surface area (Å²) in [6.07, 6.45) is 2.45. The molecule has 0 aromatic heterocycles. The molecule has 3 nitrogen and oxygen atoms in total. The van der Waals surface area contributed by atoms with Crippen LogP contribution in [0, 0.1) is 6.92 Å². The minimum atomic E-state index is 0.710. The highest BCUT2D eigenvalue weighted by Crippen LogP contribution is 2.19. The largest absolute Gasteiger partial charge is 0.502 e. The Bertz CT molecular complexity index is 350. The maximum absolute atomic E-state index is 5.32. The molecule has 1 rings (SSSR count). The second-order valence-corrected chi connectivity index (χ2v) is 3.88. The lowest BCUT2D eigenvalue weighted by molar-refractivity contribution is 0.244. The molecule has 0 heterocycles. The van der Waals surface area contributed by atoms with Crippen LogP contribution in [0.15, 0.2) is 31.0 Å². The van der Waals surface area contributed by atoms with Crippen LogP contribution in [0.25, 0.3) is 0 Å². The van der Waals surface area contributed by atoms with Gasteiger partial charge in [-0.05, 0) is 26.0 Å². The summed E-state index contributed by atoms with van der Waals surface area (Å²) in [6.45, 7) is 8.03. The third kappa shape index (κ3) is 4.91. The van der Waals surface area contributed by atoms with E-state index in [1.54, 1.807) is 7.11 Å². The number of nitrogens with one attached hydrogen (secondary N) is 1. The molecule has 1 N–H and O–H groups in total. The molecule has 17 heavy (non-hydrogen) atoms. The maximum Gasteiger partial charge on any atom is 0.123 e. The van der Waals surface area contributed by atoms with E-state index in [1.165, 1.54) is 17.4 Å². The van der Waals surface area contributed by atoms with Crippen LogP contribution in [-0.2, 0) is 11.3 Å². The first kappa shape index (κ1) is 13.6. The van der Waals surface area contributed by atoms with Crippen molar-refractivity contribution in [1.29, 1.82) is 0 Å². The van der Waals surface area contributed by atoms with Gasteiger partial charge in [0.05, 0.1) is 20.0 Å². The van der Waals surface area contributed by atoms with Crippen LogP contribution in [0.3, 0.4) is 0 Å². The molecular weight excluding hydrogens is 214 g/mol. The van der Waals surface area contributed by atoms with Gasteiger partial charge in [0.2, 0.25) is 0 Å². The van der Waals surface area contributed by atoms with E-state index >= 15 is 0 Å². The van der Waals surface area contributed by atoms with Crippen LogP contribution < -0.4 is 10.1 Å². The number of hydrogen-bond acceptors (Lipinski definition) is 3. The number of hydrogen-bond donors (Lipinski definition) is 1. The van der Waals surface area contributed by atoms with Gasteiger partial charge < -0.3 is 14.8 Å². The molecule has 0 saturated carbocycles. The zero-order valence-corrected chi connectivity index (χ0v) is 10.7. The van der Waals surface area contributed by atoms with Crippen LogP contribution in [0.2, 0.25) is 0 Å². The Morgan fingerprint density at radius 1 is 1.41 bits per heavy atom. The lowest BCUT2D eigenvalue weighted by atomic mass is 10.1. The third-order valence-electron chi connectivity index (χ3n) is 2.48. The summed E-state index contributed by atoms with van der Waals surface area (Å²) in [5, 5.41) is 3.37. The predicted molar refractivity (Wildman–Crippen MR) is 70.2 cm³/mol. The zero-order valence-electron chi connectivity index (χ0n) is 10.7. The van der Waals surface area contributed by atoms with E-state index in [4.69, 9.17) is 9.47 Å². The Balaban J connectivity index is 2.35. The number of ether oxygens (including phenoxy) is 2. The lowest BCUT2D eigenvalue weighted by Gasteiger charge is -2.10. The summed E-state index contributed by atoms with van der Waals surface area (Å²) in [6, 6.07) is 6.21. The van der Waals surface area contributed by atoms with Crippen molar-refractivity contribution in [1.82, 2.24) is 5.32 Å². The third-order valence-corrected chi connectivity index (χ3v) is 2.48. The summed E-state index contributed by atoms with van der Waals surface area (Å²) >= 11 is 0. The number of methoxy groups -OCH3 is 1. The highest BCUT2D eigenvalue weighted by atomic mass is 16.5. The van der Waals surface area contributed by atoms with Gasteiger partial charge in [0.1, 0.15) is 5.75 Å². The highest BCUT2D eigenvalue weighted by Gasteiger charge is 2.02. The average Bonchev–Trinajstić information content (AvgIpc) is 2.34. The number of aryl methyl sites for hydroxylation is 1. The quantitative estimate of drug-likeness (QED) is 0.555. The van der Waals surface area contributed by atoms with E-state index in [2.05, 4.69) is 31.0 Å². The Labute approximate surface area is 103 Å². The molecule has 94 valence electrons. The van der Waals surface area contributed by atoms with Gasteiger partial charge >= 0.3 is 0 Å². The fourth-order valence-corrected chi connectivity index (χ4v) is 1.63. The van der Waals surface area contributed by atoms with Crippen molar-refractivity contribution in [2.75, 3.05) is 20.3 Å². The van der Waals surface area contributed by atoms with Crippen molar-refractivity contribution in [3.05, 3.63) is 42.2 Å². The Hall–Kier alpha value is -1.48. The molecule has 0 aliphatic rings. The highest BCUT2D eigenvalue weighted by molar-refractivity contribution is 5.36. The molecule has 0 bridgehead atoms. The molecule has 0 aliphatic heterocycles. The van der Waals surface area contributed by atoms with Crippen molar-refractivity contribution in [3.63, 3.8) is 0 Å². The predicted octanol–water partition coefficient (Wildman–Crippen LogP) is 2.64. The summed E-state index contributed by atoms with van der Waals surface area (Å²) in [5.74, 6) is 0.936. The zero-order chi connectivity index (χ0) is 12.5. The van der Waals surface area contributed by atoms with E-state index in [1.807, 2.05) is 6.07 Å². The Morgan fingerprint density at radius 3 is 2.94 bits per heavy atom. The van der Waals surface area contributed by atoms with Gasteiger partial charge in [-0.25, -0.2) is 0 Å². The van der Waals surface area contributed by atoms with Gasteiger partial charge in [-0.3, -0.25) is 0 Å². The standard InChI is InChI=1S/C14H21NO2/c1-4-17-9-5-8-15-11-13-10-12(2)6-7-14(13)16-3/h4,6-7,10,15H,1,5,8-9,11H2,2-3H3. The first-order valence-corrected chi connectivity index (χ1v) is 5.84. The monoisotopic (exact) mass is 235 g/mol. The van der Waals surface area contributed by atoms with Crippen molar-refractivity contribution in [2.24, 2.45) is 0 Å². The van der Waals surface area contributed by atoms with Crippen LogP contribution in [-0.4, -0.2) is 20.3 Å². The summed E-state index contributed by atoms with van der Waals surface area (Å²) in [4.78, 5) is 0. The average molecular weight is 235 g/mol. The molecule has 0 atom stereocenters. The molecule has 0 unspecified atom stereocenters. The van der Waals surface area contributed by atoms with Gasteiger partial charge in [0.15, 0.2) is 0 Å². The van der Waals surface area contributed by atoms with E-state index in [0.717, 1.165) is 25.3 Å². The first-order valence-electron chi connectivity index (χ1n) is 5.84. The van der Waals surface area contributed by atoms with Gasteiger partial charge in [-0.15, -0.1) is 0 Å². The Morgan fingerprint density at radius 2 is 2.24 bits per heavy atom. The van der Waals surface area contributed by atoms with E-state index < -0.39 is 0 Å². The molecule has 0 radical (unpaired) electrons. The van der Waals surface area contributed by atoms with Gasteiger partial charge in [-0.2, -0.15) is 0 Å². The van der Waals surface area contributed by atoms with Gasteiger partial charge in [0.25, 0.3) is 0 Å². The molecular formula is C14H21NO2. The van der Waals surface area contributed by atoms with Crippen molar-refractivity contribution in [2.45, 2.75) is 19.9 Å². The van der Waals surface area contributed by atoms with Crippen molar-refractivity contribution < 1.29 is 9.47 Å². The molecule has 3 heteroatoms. The van der Waals surface area contributed by atoms with Crippen molar-refractivity contribution >= 4 is 0 Å².